The van der Waals surface area contributed by atoms with Crippen molar-refractivity contribution >= 4 is 10.9 Å². The van der Waals surface area contributed by atoms with Gasteiger partial charge in [-0.3, -0.25) is 4.79 Å². The summed E-state index contributed by atoms with van der Waals surface area (Å²) in [5, 5.41) is 8.57. The summed E-state index contributed by atoms with van der Waals surface area (Å²) >= 11 is 0. The van der Waals surface area contributed by atoms with Crippen molar-refractivity contribution in [3.05, 3.63) is 76.4 Å². The third kappa shape index (κ3) is 2.58. The predicted octanol–water partition coefficient (Wildman–Crippen LogP) is 2.80. The number of benzene rings is 2. The Morgan fingerprint density at radius 2 is 1.88 bits per heavy atom. The Balaban J connectivity index is 1.66. The fraction of sp³-hybridized carbons (Fsp3) is 0.111. The lowest BCUT2D eigenvalue weighted by Gasteiger charge is -2.02. The molecular weight excluding hydrogens is 304 g/mol. The smallest absolute Gasteiger partial charge is 0.277 e. The van der Waals surface area contributed by atoms with Crippen molar-refractivity contribution in [2.45, 2.75) is 13.5 Å². The van der Waals surface area contributed by atoms with Gasteiger partial charge in [-0.2, -0.15) is 0 Å². The normalized spacial score (nSPS) is 11.0. The highest BCUT2D eigenvalue weighted by atomic mass is 16.3. The van der Waals surface area contributed by atoms with Gasteiger partial charge in [0, 0.05) is 5.56 Å². The first-order valence-electron chi connectivity index (χ1n) is 7.55. The molecule has 6 heteroatoms. The first-order chi connectivity index (χ1) is 11.7. The van der Waals surface area contributed by atoms with Crippen LogP contribution >= 0.6 is 0 Å². The van der Waals surface area contributed by atoms with Gasteiger partial charge in [-0.05, 0) is 31.2 Å². The molecular formula is C18H14N4O2. The van der Waals surface area contributed by atoms with Crippen LogP contribution in [-0.4, -0.2) is 20.0 Å². The Hall–Kier alpha value is -3.28. The Labute approximate surface area is 137 Å². The average molecular weight is 318 g/mol. The van der Waals surface area contributed by atoms with Crippen LogP contribution in [0.4, 0.5) is 0 Å². The minimum absolute atomic E-state index is 0.194. The molecule has 6 nitrogen and oxygen atoms in total. The number of fused-ring (bicyclic) bond motifs is 1. The Kier molecular flexibility index (Phi) is 3.42. The highest BCUT2D eigenvalue weighted by molar-refractivity contribution is 5.76. The molecule has 0 atom stereocenters. The van der Waals surface area contributed by atoms with Crippen LogP contribution in [0.5, 0.6) is 0 Å². The highest BCUT2D eigenvalue weighted by Crippen LogP contribution is 2.19. The van der Waals surface area contributed by atoms with E-state index in [9.17, 15) is 4.79 Å². The van der Waals surface area contributed by atoms with Crippen molar-refractivity contribution in [3.63, 3.8) is 0 Å². The number of aromatic nitrogens is 4. The summed E-state index contributed by atoms with van der Waals surface area (Å²) in [6, 6.07) is 15.0. The van der Waals surface area contributed by atoms with Crippen molar-refractivity contribution in [1.82, 2.24) is 20.0 Å². The van der Waals surface area contributed by atoms with E-state index in [2.05, 4.69) is 15.3 Å². The molecule has 0 bridgehead atoms. The van der Waals surface area contributed by atoms with Crippen LogP contribution in [0.1, 0.15) is 11.3 Å². The van der Waals surface area contributed by atoms with Gasteiger partial charge in [-0.1, -0.05) is 35.0 Å². The third-order valence-corrected chi connectivity index (χ3v) is 3.79. The molecule has 2 aromatic heterocycles. The van der Waals surface area contributed by atoms with Gasteiger partial charge >= 0.3 is 0 Å². The van der Waals surface area contributed by atoms with Crippen molar-refractivity contribution in [2.75, 3.05) is 0 Å². The maximum Gasteiger partial charge on any atom is 0.277 e. The van der Waals surface area contributed by atoms with E-state index in [0.29, 0.717) is 22.5 Å². The van der Waals surface area contributed by atoms with Crippen LogP contribution < -0.4 is 5.56 Å². The summed E-state index contributed by atoms with van der Waals surface area (Å²) in [6.07, 6.45) is 1.54. The number of hydrogen-bond acceptors (Lipinski definition) is 5. The standard InChI is InChI=1S/C18H14N4O2/c1-12-6-8-13(9-7-12)17-19-14(11-24-17)10-22-18(23)15-4-2-3-5-16(15)20-21-22/h2-9,11H,10H2,1H3. The number of hydrogen-bond donors (Lipinski definition) is 0. The fourth-order valence-corrected chi connectivity index (χ4v) is 2.49. The SMILES string of the molecule is Cc1ccc(-c2nc(Cn3nnc4ccccc4c3=O)co2)cc1. The topological polar surface area (TPSA) is 73.8 Å². The fourth-order valence-electron chi connectivity index (χ4n) is 2.49. The number of rotatable bonds is 3. The molecule has 0 aliphatic carbocycles. The molecule has 0 aliphatic heterocycles. The van der Waals surface area contributed by atoms with E-state index >= 15 is 0 Å². The van der Waals surface area contributed by atoms with Gasteiger partial charge in [0.05, 0.1) is 11.9 Å². The second-order valence-corrected chi connectivity index (χ2v) is 5.58. The van der Waals surface area contributed by atoms with Crippen LogP contribution in [0.3, 0.4) is 0 Å². The van der Waals surface area contributed by atoms with Gasteiger partial charge in [0.1, 0.15) is 17.5 Å². The molecule has 4 aromatic rings. The van der Waals surface area contributed by atoms with E-state index in [0.717, 1.165) is 5.56 Å². The van der Waals surface area contributed by atoms with Gasteiger partial charge in [0.25, 0.3) is 5.56 Å². The minimum atomic E-state index is -0.194. The lowest BCUT2D eigenvalue weighted by molar-refractivity contribution is 0.562. The summed E-state index contributed by atoms with van der Waals surface area (Å²) in [7, 11) is 0. The number of aryl methyl sites for hydroxylation is 1. The largest absolute Gasteiger partial charge is 0.444 e. The van der Waals surface area contributed by atoms with Crippen LogP contribution in [-0.2, 0) is 6.54 Å². The molecule has 0 saturated carbocycles. The number of oxazole rings is 1. The van der Waals surface area contributed by atoms with E-state index in [1.165, 1.54) is 10.2 Å². The lowest BCUT2D eigenvalue weighted by Crippen LogP contribution is -2.24. The van der Waals surface area contributed by atoms with E-state index in [4.69, 9.17) is 4.42 Å². The predicted molar refractivity (Wildman–Crippen MR) is 89.6 cm³/mol. The van der Waals surface area contributed by atoms with Gasteiger partial charge in [-0.15, -0.1) is 5.10 Å². The zero-order valence-corrected chi connectivity index (χ0v) is 13.0. The average Bonchev–Trinajstić information content (AvgIpc) is 3.07. The number of nitrogens with zero attached hydrogens (tertiary/aromatic N) is 4. The van der Waals surface area contributed by atoms with Crippen molar-refractivity contribution in [3.8, 4) is 11.5 Å². The molecule has 0 aliphatic rings. The molecule has 4 rings (SSSR count). The molecule has 0 N–H and O–H groups in total. The van der Waals surface area contributed by atoms with Gasteiger partial charge < -0.3 is 4.42 Å². The van der Waals surface area contributed by atoms with Gasteiger partial charge in [-0.25, -0.2) is 9.67 Å². The Bertz CT molecular complexity index is 1060. The minimum Gasteiger partial charge on any atom is -0.444 e. The van der Waals surface area contributed by atoms with Crippen molar-refractivity contribution < 1.29 is 4.42 Å². The van der Waals surface area contributed by atoms with Crippen LogP contribution in [0.25, 0.3) is 22.4 Å². The van der Waals surface area contributed by atoms with E-state index in [1.807, 2.05) is 37.3 Å². The highest BCUT2D eigenvalue weighted by Gasteiger charge is 2.10. The zero-order chi connectivity index (χ0) is 16.5. The van der Waals surface area contributed by atoms with Gasteiger partial charge in [0.15, 0.2) is 0 Å². The second-order valence-electron chi connectivity index (χ2n) is 5.58. The molecule has 0 fully saturated rings. The molecule has 0 spiro atoms. The van der Waals surface area contributed by atoms with E-state index in [1.54, 1.807) is 24.5 Å². The summed E-state index contributed by atoms with van der Waals surface area (Å²) in [4.78, 5) is 16.9. The van der Waals surface area contributed by atoms with Crippen LogP contribution in [0, 0.1) is 6.92 Å². The second kappa shape index (κ2) is 5.73. The molecule has 0 unspecified atom stereocenters. The van der Waals surface area contributed by atoms with Crippen molar-refractivity contribution in [2.24, 2.45) is 0 Å². The molecule has 0 radical (unpaired) electrons. The monoisotopic (exact) mass is 318 g/mol. The first kappa shape index (κ1) is 14.3. The quantitative estimate of drug-likeness (QED) is 0.581. The molecule has 118 valence electrons. The van der Waals surface area contributed by atoms with Crippen molar-refractivity contribution in [1.29, 1.82) is 0 Å². The summed E-state index contributed by atoms with van der Waals surface area (Å²) < 4.78 is 6.81. The Morgan fingerprint density at radius 1 is 1.08 bits per heavy atom. The Morgan fingerprint density at radius 3 is 2.71 bits per heavy atom. The van der Waals surface area contributed by atoms with Crippen LogP contribution in [0.2, 0.25) is 0 Å². The van der Waals surface area contributed by atoms with E-state index < -0.39 is 0 Å². The molecule has 0 saturated heterocycles. The van der Waals surface area contributed by atoms with Crippen LogP contribution in [0.15, 0.2) is 64.0 Å². The van der Waals surface area contributed by atoms with E-state index in [-0.39, 0.29) is 12.1 Å². The maximum atomic E-state index is 12.4. The summed E-state index contributed by atoms with van der Waals surface area (Å²) in [5.41, 5.74) is 3.07. The summed E-state index contributed by atoms with van der Waals surface area (Å²) in [5.74, 6) is 0.520. The lowest BCUT2D eigenvalue weighted by atomic mass is 10.1. The first-order valence-corrected chi connectivity index (χ1v) is 7.55. The molecule has 24 heavy (non-hydrogen) atoms. The zero-order valence-electron chi connectivity index (χ0n) is 13.0. The molecule has 2 heterocycles. The molecule has 2 aromatic carbocycles. The maximum absolute atomic E-state index is 12.4. The third-order valence-electron chi connectivity index (χ3n) is 3.79. The van der Waals surface area contributed by atoms with Gasteiger partial charge in [0.2, 0.25) is 5.89 Å². The molecule has 0 amide bonds. The summed E-state index contributed by atoms with van der Waals surface area (Å²) in [6.45, 7) is 2.24.